The molecule has 0 aromatic heterocycles. The zero-order valence-electron chi connectivity index (χ0n) is 13.6. The Balaban J connectivity index is 2.04. The van der Waals surface area contributed by atoms with Gasteiger partial charge in [-0.1, -0.05) is 54.1 Å². The van der Waals surface area contributed by atoms with Crippen LogP contribution in [-0.4, -0.2) is 15.8 Å². The van der Waals surface area contributed by atoms with Crippen molar-refractivity contribution in [2.24, 2.45) is 10.2 Å². The van der Waals surface area contributed by atoms with E-state index in [9.17, 15) is 15.2 Å². The molecular formula is C19H17N3O3. The number of allylic oxidation sites excluding steroid dienone is 2. The summed E-state index contributed by atoms with van der Waals surface area (Å²) in [6, 6.07) is 16.2. The van der Waals surface area contributed by atoms with Crippen LogP contribution < -0.4 is 0 Å². The highest BCUT2D eigenvalue weighted by molar-refractivity contribution is 5.52. The lowest BCUT2D eigenvalue weighted by Crippen LogP contribution is -2.43. The van der Waals surface area contributed by atoms with Crippen molar-refractivity contribution in [2.75, 3.05) is 0 Å². The highest BCUT2D eigenvalue weighted by Crippen LogP contribution is 2.40. The van der Waals surface area contributed by atoms with Crippen molar-refractivity contribution in [2.45, 2.75) is 18.6 Å². The second-order valence-electron chi connectivity index (χ2n) is 5.86. The number of azo groups is 1. The molecule has 1 aliphatic rings. The molecule has 0 fully saturated rings. The summed E-state index contributed by atoms with van der Waals surface area (Å²) in [7, 11) is 0. The number of rotatable bonds is 4. The van der Waals surface area contributed by atoms with Gasteiger partial charge in [0, 0.05) is 6.08 Å². The molecule has 3 rings (SSSR count). The Hall–Kier alpha value is -3.12. The van der Waals surface area contributed by atoms with Gasteiger partial charge in [0.1, 0.15) is 5.92 Å². The minimum atomic E-state index is -2.21. The fraction of sp³-hybridized carbons (Fsp3) is 0.158. The van der Waals surface area contributed by atoms with Crippen molar-refractivity contribution in [3.05, 3.63) is 94.1 Å². The van der Waals surface area contributed by atoms with Crippen molar-refractivity contribution in [1.29, 1.82) is 0 Å². The Morgan fingerprint density at radius 2 is 1.76 bits per heavy atom. The van der Waals surface area contributed by atoms with Gasteiger partial charge >= 0.3 is 5.72 Å². The minimum Gasteiger partial charge on any atom is -0.326 e. The van der Waals surface area contributed by atoms with E-state index in [2.05, 4.69) is 10.2 Å². The van der Waals surface area contributed by atoms with E-state index in [1.807, 2.05) is 37.3 Å². The summed E-state index contributed by atoms with van der Waals surface area (Å²) in [5.41, 5.74) is 0.335. The van der Waals surface area contributed by atoms with E-state index >= 15 is 0 Å². The lowest BCUT2D eigenvalue weighted by Gasteiger charge is -2.27. The average molecular weight is 335 g/mol. The highest BCUT2D eigenvalue weighted by atomic mass is 16.7. The fourth-order valence-corrected chi connectivity index (χ4v) is 2.74. The van der Waals surface area contributed by atoms with E-state index in [1.165, 1.54) is 6.08 Å². The fourth-order valence-electron chi connectivity index (χ4n) is 2.74. The molecule has 0 saturated heterocycles. The average Bonchev–Trinajstić information content (AvgIpc) is 2.63. The third-order valence-electron chi connectivity index (χ3n) is 4.07. The van der Waals surface area contributed by atoms with Crippen molar-refractivity contribution in [1.82, 2.24) is 0 Å². The first-order valence-electron chi connectivity index (χ1n) is 7.81. The van der Waals surface area contributed by atoms with Crippen LogP contribution in [0.1, 0.15) is 18.4 Å². The van der Waals surface area contributed by atoms with E-state index in [-0.39, 0.29) is 0 Å². The largest absolute Gasteiger partial charge is 0.352 e. The standard InChI is InChI=1S/C19H17N3O3/c1-14-11-12-19(23,22(24)25)17(13-14)16-9-5-6-10-18(16)21-20-15-7-3-2-4-8-15/h2-13,17,23H,1H3. The van der Waals surface area contributed by atoms with Crippen LogP contribution in [0.4, 0.5) is 11.4 Å². The van der Waals surface area contributed by atoms with Gasteiger partial charge in [0.2, 0.25) is 0 Å². The smallest absolute Gasteiger partial charge is 0.326 e. The normalized spacial score (nSPS) is 22.8. The predicted octanol–water partition coefficient (Wildman–Crippen LogP) is 4.67. The SMILES string of the molecule is CC1=CC(c2ccccc2N=Nc2ccccc2)C(O)([N+](=O)[O-])C=C1. The molecule has 2 aromatic carbocycles. The Morgan fingerprint density at radius 1 is 1.08 bits per heavy atom. The lowest BCUT2D eigenvalue weighted by molar-refractivity contribution is -0.611. The molecule has 0 aliphatic heterocycles. The van der Waals surface area contributed by atoms with Gasteiger partial charge in [-0.3, -0.25) is 10.1 Å². The molecule has 2 atom stereocenters. The van der Waals surface area contributed by atoms with Crippen molar-refractivity contribution in [3.63, 3.8) is 0 Å². The summed E-state index contributed by atoms with van der Waals surface area (Å²) in [5, 5.41) is 30.5. The number of nitrogens with zero attached hydrogens (tertiary/aromatic N) is 3. The summed E-state index contributed by atoms with van der Waals surface area (Å²) in [4.78, 5) is 10.8. The summed E-state index contributed by atoms with van der Waals surface area (Å²) >= 11 is 0. The zero-order chi connectivity index (χ0) is 17.9. The number of benzene rings is 2. The Labute approximate surface area is 145 Å². The van der Waals surface area contributed by atoms with Gasteiger partial charge in [-0.2, -0.15) is 10.2 Å². The minimum absolute atomic E-state index is 0.482. The van der Waals surface area contributed by atoms with Crippen LogP contribution in [0.15, 0.2) is 88.6 Å². The highest BCUT2D eigenvalue weighted by Gasteiger charge is 2.48. The molecule has 25 heavy (non-hydrogen) atoms. The maximum Gasteiger partial charge on any atom is 0.352 e. The van der Waals surface area contributed by atoms with Crippen LogP contribution in [-0.2, 0) is 0 Å². The van der Waals surface area contributed by atoms with Gasteiger partial charge < -0.3 is 5.11 Å². The summed E-state index contributed by atoms with van der Waals surface area (Å²) < 4.78 is 0. The number of hydrogen-bond donors (Lipinski definition) is 1. The van der Waals surface area contributed by atoms with Gasteiger partial charge in [-0.05, 0) is 30.7 Å². The molecule has 0 heterocycles. The van der Waals surface area contributed by atoms with Crippen LogP contribution in [0.3, 0.4) is 0 Å². The second kappa shape index (κ2) is 6.78. The maximum absolute atomic E-state index is 11.5. The molecule has 6 heteroatoms. The lowest BCUT2D eigenvalue weighted by atomic mass is 9.82. The molecule has 0 bridgehead atoms. The van der Waals surface area contributed by atoms with Crippen molar-refractivity contribution >= 4 is 11.4 Å². The molecule has 2 aromatic rings. The molecule has 0 saturated carbocycles. The molecule has 1 aliphatic carbocycles. The Bertz CT molecular complexity index is 874. The van der Waals surface area contributed by atoms with Gasteiger partial charge in [0.15, 0.2) is 0 Å². The molecule has 126 valence electrons. The third-order valence-corrected chi connectivity index (χ3v) is 4.07. The van der Waals surface area contributed by atoms with Gasteiger partial charge in [0.05, 0.1) is 16.3 Å². The number of hydrogen-bond acceptors (Lipinski definition) is 5. The van der Waals surface area contributed by atoms with Gasteiger partial charge in [-0.15, -0.1) is 0 Å². The first kappa shape index (κ1) is 16.7. The van der Waals surface area contributed by atoms with Crippen LogP contribution in [0.2, 0.25) is 0 Å². The monoisotopic (exact) mass is 335 g/mol. The zero-order valence-corrected chi connectivity index (χ0v) is 13.6. The first-order chi connectivity index (χ1) is 12.0. The Kier molecular flexibility index (Phi) is 4.54. The number of aliphatic hydroxyl groups is 1. The van der Waals surface area contributed by atoms with E-state index in [0.29, 0.717) is 16.9 Å². The summed E-state index contributed by atoms with van der Waals surface area (Å²) in [5.74, 6) is -0.849. The van der Waals surface area contributed by atoms with Crippen LogP contribution >= 0.6 is 0 Å². The molecule has 0 spiro atoms. The van der Waals surface area contributed by atoms with Crippen molar-refractivity contribution < 1.29 is 10.0 Å². The Morgan fingerprint density at radius 3 is 2.48 bits per heavy atom. The molecule has 1 N–H and O–H groups in total. The number of nitro groups is 1. The molecule has 2 unspecified atom stereocenters. The topological polar surface area (TPSA) is 88.1 Å². The predicted molar refractivity (Wildman–Crippen MR) is 94.6 cm³/mol. The molecule has 0 radical (unpaired) electrons. The van der Waals surface area contributed by atoms with Crippen LogP contribution in [0.5, 0.6) is 0 Å². The van der Waals surface area contributed by atoms with E-state index in [4.69, 9.17) is 0 Å². The third kappa shape index (κ3) is 3.39. The van der Waals surface area contributed by atoms with E-state index < -0.39 is 16.6 Å². The molecule has 0 amide bonds. The summed E-state index contributed by atoms with van der Waals surface area (Å²) in [6.45, 7) is 1.83. The molecule has 6 nitrogen and oxygen atoms in total. The maximum atomic E-state index is 11.5. The van der Waals surface area contributed by atoms with Crippen LogP contribution in [0.25, 0.3) is 0 Å². The quantitative estimate of drug-likeness (QED) is 0.381. The van der Waals surface area contributed by atoms with Gasteiger partial charge in [0.25, 0.3) is 0 Å². The van der Waals surface area contributed by atoms with Crippen molar-refractivity contribution in [3.8, 4) is 0 Å². The van der Waals surface area contributed by atoms with Crippen LogP contribution in [0, 0.1) is 10.1 Å². The van der Waals surface area contributed by atoms with E-state index in [0.717, 1.165) is 5.57 Å². The molecular weight excluding hydrogens is 318 g/mol. The second-order valence-corrected chi connectivity index (χ2v) is 5.86. The van der Waals surface area contributed by atoms with Gasteiger partial charge in [-0.25, -0.2) is 0 Å². The summed E-state index contributed by atoms with van der Waals surface area (Å²) in [6.07, 6.45) is 4.45. The first-order valence-corrected chi connectivity index (χ1v) is 7.81. The van der Waals surface area contributed by atoms with E-state index in [1.54, 1.807) is 36.4 Å².